The van der Waals surface area contributed by atoms with Gasteiger partial charge < -0.3 is 0 Å². The maximum Gasteiger partial charge on any atom is 0.341 e. The molecule has 6 nitrogen and oxygen atoms in total. The van der Waals surface area contributed by atoms with E-state index in [1.54, 1.807) is 23.7 Å². The second-order valence-electron chi connectivity index (χ2n) is 3.28. The van der Waals surface area contributed by atoms with Gasteiger partial charge in [0.2, 0.25) is 5.13 Å². The molecule has 1 aliphatic rings. The number of nitrogens with one attached hydrogen (secondary N) is 1. The van der Waals surface area contributed by atoms with E-state index in [0.717, 1.165) is 16.5 Å². The summed E-state index contributed by atoms with van der Waals surface area (Å²) in [5.74, 6) is 1.03. The zero-order valence-corrected chi connectivity index (χ0v) is 10.8. The average molecular weight is 259 g/mol. The van der Waals surface area contributed by atoms with Crippen molar-refractivity contribution >= 4 is 34.3 Å². The molecule has 1 fully saturated rings. The van der Waals surface area contributed by atoms with Crippen LogP contribution in [0.25, 0.3) is 0 Å². The van der Waals surface area contributed by atoms with Crippen LogP contribution in [0.1, 0.15) is 13.3 Å². The Kier molecular flexibility index (Phi) is 3.62. The lowest BCUT2D eigenvalue weighted by Crippen LogP contribution is -2.31. The Bertz CT molecular complexity index is 382. The number of carbonyl (C=O) groups is 1. The van der Waals surface area contributed by atoms with Crippen molar-refractivity contribution in [3.05, 3.63) is 0 Å². The van der Waals surface area contributed by atoms with Crippen molar-refractivity contribution in [2.45, 2.75) is 17.7 Å². The lowest BCUT2D eigenvalue weighted by Gasteiger charge is -2.08. The first kappa shape index (κ1) is 11.6. The number of carbonyl (C=O) groups excluding carboxylic acids is 1. The number of urea groups is 1. The van der Waals surface area contributed by atoms with Gasteiger partial charge in [-0.2, -0.15) is 0 Å². The van der Waals surface area contributed by atoms with E-state index in [4.69, 9.17) is 0 Å². The molecule has 16 heavy (non-hydrogen) atoms. The highest BCUT2D eigenvalue weighted by atomic mass is 32.2. The second-order valence-corrected chi connectivity index (χ2v) is 5.58. The number of anilines is 1. The lowest BCUT2D eigenvalue weighted by molar-refractivity contribution is 0.217. The average Bonchev–Trinajstić information content (AvgIpc) is 2.85. The van der Waals surface area contributed by atoms with Gasteiger partial charge in [-0.05, 0) is 6.42 Å². The molecule has 88 valence electrons. The van der Waals surface area contributed by atoms with Crippen LogP contribution in [0.5, 0.6) is 0 Å². The second kappa shape index (κ2) is 4.98. The summed E-state index contributed by atoms with van der Waals surface area (Å²) in [6.07, 6.45) is 1.10. The lowest BCUT2D eigenvalue weighted by atomic mass is 10.6. The Hall–Kier alpha value is -0.860. The van der Waals surface area contributed by atoms with Crippen LogP contribution < -0.4 is 10.3 Å². The molecule has 0 unspecified atom stereocenters. The smallest absolute Gasteiger partial charge is 0.261 e. The molecule has 8 heteroatoms. The molecule has 0 radical (unpaired) electrons. The van der Waals surface area contributed by atoms with E-state index >= 15 is 0 Å². The number of thioether (sulfide) groups is 1. The van der Waals surface area contributed by atoms with Gasteiger partial charge in [0, 0.05) is 12.8 Å². The molecule has 2 amide bonds. The van der Waals surface area contributed by atoms with E-state index in [9.17, 15) is 4.79 Å². The fraction of sp³-hybridized carbons (Fsp3) is 0.625. The molecule has 0 spiro atoms. The third kappa shape index (κ3) is 2.28. The Morgan fingerprint density at radius 3 is 3.00 bits per heavy atom. The van der Waals surface area contributed by atoms with E-state index in [1.807, 2.05) is 0 Å². The quantitative estimate of drug-likeness (QED) is 0.653. The first-order chi connectivity index (χ1) is 7.72. The summed E-state index contributed by atoms with van der Waals surface area (Å²) in [4.78, 5) is 13.2. The van der Waals surface area contributed by atoms with Crippen LogP contribution in [-0.2, 0) is 0 Å². The van der Waals surface area contributed by atoms with Gasteiger partial charge in [-0.25, -0.2) is 10.2 Å². The summed E-state index contributed by atoms with van der Waals surface area (Å²) < 4.78 is 0.916. The minimum absolute atomic E-state index is 0.0943. The monoisotopic (exact) mass is 259 g/mol. The van der Waals surface area contributed by atoms with E-state index in [0.29, 0.717) is 11.8 Å². The van der Waals surface area contributed by atoms with Gasteiger partial charge in [-0.15, -0.1) is 10.2 Å². The van der Waals surface area contributed by atoms with Crippen LogP contribution in [0.3, 0.4) is 0 Å². The topological polar surface area (TPSA) is 61.4 Å². The molecule has 1 N–H and O–H groups in total. The summed E-state index contributed by atoms with van der Waals surface area (Å²) in [5, 5.41) is 10.2. The van der Waals surface area contributed by atoms with Gasteiger partial charge in [-0.1, -0.05) is 30.0 Å². The van der Waals surface area contributed by atoms with Crippen LogP contribution in [0.15, 0.2) is 4.34 Å². The molecule has 2 rings (SSSR count). The van der Waals surface area contributed by atoms with E-state index in [1.165, 1.54) is 16.3 Å². The maximum absolute atomic E-state index is 11.7. The van der Waals surface area contributed by atoms with Gasteiger partial charge in [0.15, 0.2) is 4.34 Å². The van der Waals surface area contributed by atoms with Crippen molar-refractivity contribution < 1.29 is 4.79 Å². The SMILES string of the molecule is CCCSc1nnc(N2CNN(C)C2=O)s1. The van der Waals surface area contributed by atoms with Crippen LogP contribution in [-0.4, -0.2) is 40.7 Å². The molecule has 0 saturated carbocycles. The van der Waals surface area contributed by atoms with Gasteiger partial charge in [0.1, 0.15) is 0 Å². The Labute approximate surface area is 102 Å². The molecule has 1 aromatic rings. The molecule has 1 saturated heterocycles. The van der Waals surface area contributed by atoms with E-state index in [-0.39, 0.29) is 6.03 Å². The van der Waals surface area contributed by atoms with E-state index in [2.05, 4.69) is 22.5 Å². The minimum atomic E-state index is -0.0943. The standard InChI is InChI=1S/C8H13N5OS2/c1-3-4-15-7-11-10-6(16-7)13-5-9-12(2)8(13)14/h9H,3-5H2,1-2H3. The third-order valence-electron chi connectivity index (χ3n) is 2.04. The normalized spacial score (nSPS) is 16.2. The molecular weight excluding hydrogens is 246 g/mol. The van der Waals surface area contributed by atoms with Crippen LogP contribution in [0.4, 0.5) is 9.93 Å². The van der Waals surface area contributed by atoms with Crippen molar-refractivity contribution in [2.24, 2.45) is 0 Å². The first-order valence-corrected chi connectivity index (χ1v) is 6.77. The predicted molar refractivity (Wildman–Crippen MR) is 64.6 cm³/mol. The summed E-state index contributed by atoms with van der Waals surface area (Å²) >= 11 is 3.13. The van der Waals surface area contributed by atoms with Gasteiger partial charge in [-0.3, -0.25) is 9.91 Å². The Balaban J connectivity index is 2.04. The Morgan fingerprint density at radius 1 is 1.56 bits per heavy atom. The zero-order valence-electron chi connectivity index (χ0n) is 9.13. The molecule has 0 aliphatic carbocycles. The molecular formula is C8H13N5OS2. The van der Waals surface area contributed by atoms with Gasteiger partial charge in [0.05, 0.1) is 6.67 Å². The van der Waals surface area contributed by atoms with Crippen molar-refractivity contribution in [3.8, 4) is 0 Å². The van der Waals surface area contributed by atoms with Gasteiger partial charge in [0.25, 0.3) is 0 Å². The molecule has 0 bridgehead atoms. The van der Waals surface area contributed by atoms with Crippen LogP contribution >= 0.6 is 23.1 Å². The van der Waals surface area contributed by atoms with Crippen LogP contribution in [0, 0.1) is 0 Å². The maximum atomic E-state index is 11.7. The molecule has 0 atom stereocenters. The highest BCUT2D eigenvalue weighted by Crippen LogP contribution is 2.29. The molecule has 2 heterocycles. The third-order valence-corrected chi connectivity index (χ3v) is 4.33. The number of nitrogens with zero attached hydrogens (tertiary/aromatic N) is 4. The number of aromatic nitrogens is 2. The highest BCUT2D eigenvalue weighted by Gasteiger charge is 2.29. The number of rotatable bonds is 4. The minimum Gasteiger partial charge on any atom is -0.261 e. The number of hydrogen-bond donors (Lipinski definition) is 1. The molecule has 1 aromatic heterocycles. The molecule has 1 aliphatic heterocycles. The number of hydrogen-bond acceptors (Lipinski definition) is 6. The van der Waals surface area contributed by atoms with Gasteiger partial charge >= 0.3 is 6.03 Å². The van der Waals surface area contributed by atoms with Crippen molar-refractivity contribution in [2.75, 3.05) is 24.4 Å². The predicted octanol–water partition coefficient (Wildman–Crippen LogP) is 1.37. The Morgan fingerprint density at radius 2 is 2.38 bits per heavy atom. The van der Waals surface area contributed by atoms with Crippen molar-refractivity contribution in [1.82, 2.24) is 20.6 Å². The van der Waals surface area contributed by atoms with Crippen molar-refractivity contribution in [3.63, 3.8) is 0 Å². The summed E-state index contributed by atoms with van der Waals surface area (Å²) in [5.41, 5.74) is 2.91. The summed E-state index contributed by atoms with van der Waals surface area (Å²) in [6.45, 7) is 2.58. The largest absolute Gasteiger partial charge is 0.341 e. The number of hydrazine groups is 1. The van der Waals surface area contributed by atoms with E-state index < -0.39 is 0 Å². The van der Waals surface area contributed by atoms with Crippen molar-refractivity contribution in [1.29, 1.82) is 0 Å². The fourth-order valence-corrected chi connectivity index (χ4v) is 2.96. The first-order valence-electron chi connectivity index (χ1n) is 4.97. The fourth-order valence-electron chi connectivity index (χ4n) is 1.20. The summed E-state index contributed by atoms with van der Waals surface area (Å²) in [6, 6.07) is -0.0943. The summed E-state index contributed by atoms with van der Waals surface area (Å²) in [7, 11) is 1.69. The number of amides is 2. The zero-order chi connectivity index (χ0) is 11.5. The highest BCUT2D eigenvalue weighted by molar-refractivity contribution is 8.01. The molecule has 0 aromatic carbocycles. The van der Waals surface area contributed by atoms with Crippen LogP contribution in [0.2, 0.25) is 0 Å².